The molecule has 0 heterocycles. The Morgan fingerprint density at radius 1 is 1.17 bits per heavy atom. The fourth-order valence-corrected chi connectivity index (χ4v) is 2.25. The zero-order valence-electron chi connectivity index (χ0n) is 10.2. The van der Waals surface area contributed by atoms with E-state index in [1.807, 2.05) is 43.3 Å². The molecule has 0 bridgehead atoms. The molecule has 0 aliphatic heterocycles. The second kappa shape index (κ2) is 5.87. The third-order valence-electron chi connectivity index (χ3n) is 2.65. The Hall–Kier alpha value is -1.55. The van der Waals surface area contributed by atoms with Gasteiger partial charge in [-0.05, 0) is 23.9 Å². The van der Waals surface area contributed by atoms with Crippen molar-refractivity contribution in [3.63, 3.8) is 0 Å². The van der Waals surface area contributed by atoms with Crippen molar-refractivity contribution in [3.05, 3.63) is 40.9 Å². The van der Waals surface area contributed by atoms with E-state index in [1.165, 1.54) is 0 Å². The monoisotopic (exact) mass is 306 g/mol. The van der Waals surface area contributed by atoms with Crippen LogP contribution in [0.2, 0.25) is 0 Å². The highest BCUT2D eigenvalue weighted by Gasteiger charge is 2.06. The molecule has 2 N–H and O–H groups in total. The van der Waals surface area contributed by atoms with E-state index in [0.717, 1.165) is 27.4 Å². The largest absolute Gasteiger partial charge is 0.338 e. The summed E-state index contributed by atoms with van der Waals surface area (Å²) in [6, 6.07) is 11.6. The second-order valence-corrected chi connectivity index (χ2v) is 4.88. The van der Waals surface area contributed by atoms with Crippen LogP contribution in [-0.2, 0) is 0 Å². The van der Waals surface area contributed by atoms with Gasteiger partial charge in [-0.2, -0.15) is 0 Å². The lowest BCUT2D eigenvalue weighted by atomic mass is 10.1. The lowest BCUT2D eigenvalue weighted by molar-refractivity contribution is 0.252. The van der Waals surface area contributed by atoms with E-state index in [2.05, 4.69) is 26.6 Å². The fourth-order valence-electron chi connectivity index (χ4n) is 1.78. The highest BCUT2D eigenvalue weighted by molar-refractivity contribution is 9.10. The van der Waals surface area contributed by atoms with Gasteiger partial charge in [0.2, 0.25) is 0 Å². The molecule has 0 fully saturated rings. The molecule has 2 rings (SSSR count). The Morgan fingerprint density at radius 2 is 1.89 bits per heavy atom. The number of carbonyl (C=O) groups excluding carboxylic acids is 1. The molecule has 2 aromatic carbocycles. The topological polar surface area (TPSA) is 41.1 Å². The molecule has 0 unspecified atom stereocenters. The standard InChI is InChI=1S/C14H15BrN2O/c1-2-9-16-14(18)17-13-8-7-12(15)10-5-3-4-6-11(10)13/h3-8H,2,9H2,1H3,(H2,16,17,18). The van der Waals surface area contributed by atoms with Gasteiger partial charge < -0.3 is 10.6 Å². The summed E-state index contributed by atoms with van der Waals surface area (Å²) in [5.41, 5.74) is 0.822. The number of urea groups is 1. The van der Waals surface area contributed by atoms with E-state index in [1.54, 1.807) is 0 Å². The van der Waals surface area contributed by atoms with Crippen molar-refractivity contribution in [2.24, 2.45) is 0 Å². The van der Waals surface area contributed by atoms with Crippen LogP contribution in [0, 0.1) is 0 Å². The lowest BCUT2D eigenvalue weighted by Crippen LogP contribution is -2.29. The van der Waals surface area contributed by atoms with Crippen LogP contribution in [0.1, 0.15) is 13.3 Å². The molecule has 4 heteroatoms. The highest BCUT2D eigenvalue weighted by Crippen LogP contribution is 2.29. The number of hydrogen-bond donors (Lipinski definition) is 2. The van der Waals surface area contributed by atoms with Crippen molar-refractivity contribution in [1.82, 2.24) is 5.32 Å². The van der Waals surface area contributed by atoms with Gasteiger partial charge in [0.25, 0.3) is 0 Å². The summed E-state index contributed by atoms with van der Waals surface area (Å²) in [6.45, 7) is 2.70. The number of halogens is 1. The van der Waals surface area contributed by atoms with Crippen molar-refractivity contribution >= 4 is 38.4 Å². The van der Waals surface area contributed by atoms with Gasteiger partial charge in [0.05, 0.1) is 5.69 Å². The van der Waals surface area contributed by atoms with Gasteiger partial charge in [-0.3, -0.25) is 0 Å². The first-order valence-corrected chi connectivity index (χ1v) is 6.73. The van der Waals surface area contributed by atoms with Crippen LogP contribution in [0.15, 0.2) is 40.9 Å². The highest BCUT2D eigenvalue weighted by atomic mass is 79.9. The molecule has 0 atom stereocenters. The molecule has 2 aromatic rings. The Labute approximate surface area is 115 Å². The van der Waals surface area contributed by atoms with Crippen molar-refractivity contribution < 1.29 is 4.79 Å². The SMILES string of the molecule is CCCNC(=O)Nc1ccc(Br)c2ccccc12. The van der Waals surface area contributed by atoms with Gasteiger partial charge in [-0.15, -0.1) is 0 Å². The molecule has 0 aromatic heterocycles. The summed E-state index contributed by atoms with van der Waals surface area (Å²) in [4.78, 5) is 11.7. The maximum absolute atomic E-state index is 11.7. The molecule has 0 saturated carbocycles. The summed E-state index contributed by atoms with van der Waals surface area (Å²) < 4.78 is 1.03. The van der Waals surface area contributed by atoms with Gasteiger partial charge in [0.15, 0.2) is 0 Å². The number of carbonyl (C=O) groups is 1. The molecule has 18 heavy (non-hydrogen) atoms. The van der Waals surface area contributed by atoms with Crippen molar-refractivity contribution in [1.29, 1.82) is 0 Å². The Balaban J connectivity index is 2.29. The number of nitrogens with one attached hydrogen (secondary N) is 2. The molecule has 2 amide bonds. The average Bonchev–Trinajstić information content (AvgIpc) is 2.40. The first-order chi connectivity index (χ1) is 8.72. The van der Waals surface area contributed by atoms with Gasteiger partial charge in [0.1, 0.15) is 0 Å². The molecular formula is C14H15BrN2O. The summed E-state index contributed by atoms with van der Waals surface area (Å²) in [5.74, 6) is 0. The zero-order chi connectivity index (χ0) is 13.0. The van der Waals surface area contributed by atoms with E-state index in [-0.39, 0.29) is 6.03 Å². The Kier molecular flexibility index (Phi) is 4.20. The van der Waals surface area contributed by atoms with Gasteiger partial charge in [-0.1, -0.05) is 47.1 Å². The summed E-state index contributed by atoms with van der Waals surface area (Å²) in [5, 5.41) is 7.79. The zero-order valence-corrected chi connectivity index (χ0v) is 11.8. The third-order valence-corrected chi connectivity index (χ3v) is 3.35. The Bertz CT molecular complexity index is 569. The molecule has 94 valence electrons. The predicted octanol–water partition coefficient (Wildman–Crippen LogP) is 4.13. The van der Waals surface area contributed by atoms with Crippen LogP contribution < -0.4 is 10.6 Å². The number of rotatable bonds is 3. The summed E-state index contributed by atoms with van der Waals surface area (Å²) >= 11 is 3.51. The van der Waals surface area contributed by atoms with E-state index in [4.69, 9.17) is 0 Å². The van der Waals surface area contributed by atoms with E-state index < -0.39 is 0 Å². The number of fused-ring (bicyclic) bond motifs is 1. The van der Waals surface area contributed by atoms with E-state index in [9.17, 15) is 4.79 Å². The van der Waals surface area contributed by atoms with Crippen LogP contribution >= 0.6 is 15.9 Å². The summed E-state index contributed by atoms with van der Waals surface area (Å²) in [7, 11) is 0. The van der Waals surface area contributed by atoms with Gasteiger partial charge >= 0.3 is 6.03 Å². The minimum absolute atomic E-state index is 0.163. The van der Waals surface area contributed by atoms with Gasteiger partial charge in [0, 0.05) is 16.4 Å². The van der Waals surface area contributed by atoms with Crippen LogP contribution in [0.3, 0.4) is 0 Å². The first-order valence-electron chi connectivity index (χ1n) is 5.94. The normalized spacial score (nSPS) is 10.3. The summed E-state index contributed by atoms with van der Waals surface area (Å²) in [6.07, 6.45) is 0.925. The van der Waals surface area contributed by atoms with Gasteiger partial charge in [-0.25, -0.2) is 4.79 Å². The van der Waals surface area contributed by atoms with Crippen LogP contribution in [-0.4, -0.2) is 12.6 Å². The fraction of sp³-hybridized carbons (Fsp3) is 0.214. The smallest absolute Gasteiger partial charge is 0.319 e. The minimum Gasteiger partial charge on any atom is -0.338 e. The molecule has 0 aliphatic carbocycles. The molecule has 3 nitrogen and oxygen atoms in total. The average molecular weight is 307 g/mol. The molecular weight excluding hydrogens is 292 g/mol. The van der Waals surface area contributed by atoms with Crippen LogP contribution in [0.4, 0.5) is 10.5 Å². The van der Waals surface area contributed by atoms with Crippen molar-refractivity contribution in [2.45, 2.75) is 13.3 Å². The van der Waals surface area contributed by atoms with Crippen molar-refractivity contribution in [2.75, 3.05) is 11.9 Å². The number of amides is 2. The number of anilines is 1. The molecule has 0 aliphatic rings. The van der Waals surface area contributed by atoms with Crippen LogP contribution in [0.25, 0.3) is 10.8 Å². The Morgan fingerprint density at radius 3 is 2.61 bits per heavy atom. The third kappa shape index (κ3) is 2.82. The molecule has 0 saturated heterocycles. The van der Waals surface area contributed by atoms with E-state index >= 15 is 0 Å². The van der Waals surface area contributed by atoms with E-state index in [0.29, 0.717) is 6.54 Å². The first kappa shape index (κ1) is 12.9. The van der Waals surface area contributed by atoms with Crippen molar-refractivity contribution in [3.8, 4) is 0 Å². The second-order valence-electron chi connectivity index (χ2n) is 4.02. The maximum Gasteiger partial charge on any atom is 0.319 e. The van der Waals surface area contributed by atoms with Crippen LogP contribution in [0.5, 0.6) is 0 Å². The maximum atomic E-state index is 11.7. The lowest BCUT2D eigenvalue weighted by Gasteiger charge is -2.10. The minimum atomic E-state index is -0.163. The molecule has 0 spiro atoms. The number of benzene rings is 2. The molecule has 0 radical (unpaired) electrons. The quantitative estimate of drug-likeness (QED) is 0.879. The number of hydrogen-bond acceptors (Lipinski definition) is 1. The predicted molar refractivity (Wildman–Crippen MR) is 79.0 cm³/mol.